The molecule has 1 aliphatic rings. The Hall–Kier alpha value is -0.540. The molecule has 3 nitrogen and oxygen atoms in total. The van der Waals surface area contributed by atoms with Gasteiger partial charge in [0.05, 0.1) is 16.9 Å². The molecule has 1 N–H and O–H groups in total. The van der Waals surface area contributed by atoms with Crippen molar-refractivity contribution in [3.8, 4) is 0 Å². The van der Waals surface area contributed by atoms with Gasteiger partial charge in [0.2, 0.25) is 0 Å². The average molecular weight is 215 g/mol. The minimum absolute atomic E-state index is 0.361. The van der Waals surface area contributed by atoms with Gasteiger partial charge in [0.25, 0.3) is 0 Å². The Kier molecular flexibility index (Phi) is 2.32. The predicted octanol–water partition coefficient (Wildman–Crippen LogP) is 2.08. The van der Waals surface area contributed by atoms with Crippen molar-refractivity contribution < 1.29 is 5.11 Å². The third kappa shape index (κ3) is 1.35. The van der Waals surface area contributed by atoms with Gasteiger partial charge >= 0.3 is 0 Å². The lowest BCUT2D eigenvalue weighted by atomic mass is 9.90. The van der Waals surface area contributed by atoms with Crippen LogP contribution in [0.3, 0.4) is 0 Å². The summed E-state index contributed by atoms with van der Waals surface area (Å²) in [7, 11) is 1.82. The van der Waals surface area contributed by atoms with E-state index in [0.717, 1.165) is 18.5 Å². The zero-order chi connectivity index (χ0) is 10.3. The van der Waals surface area contributed by atoms with Gasteiger partial charge < -0.3 is 5.11 Å². The fraction of sp³-hybridized carbons (Fsp3) is 0.700. The molecule has 0 radical (unpaired) electrons. The summed E-state index contributed by atoms with van der Waals surface area (Å²) in [5.74, 6) is 0.361. The van der Waals surface area contributed by atoms with Crippen LogP contribution in [0.1, 0.15) is 31.9 Å². The lowest BCUT2D eigenvalue weighted by molar-refractivity contribution is 0.00122. The molecule has 0 bridgehead atoms. The zero-order valence-corrected chi connectivity index (χ0v) is 9.25. The largest absolute Gasteiger partial charge is 0.383 e. The maximum atomic E-state index is 10.5. The summed E-state index contributed by atoms with van der Waals surface area (Å²) in [4.78, 5) is 0. The van der Waals surface area contributed by atoms with Gasteiger partial charge in [0.1, 0.15) is 5.60 Å². The molecule has 0 aromatic carbocycles. The number of halogens is 1. The van der Waals surface area contributed by atoms with Crippen molar-refractivity contribution in [1.82, 2.24) is 9.78 Å². The van der Waals surface area contributed by atoms with Crippen LogP contribution in [0.5, 0.6) is 0 Å². The van der Waals surface area contributed by atoms with E-state index in [0.29, 0.717) is 17.4 Å². The van der Waals surface area contributed by atoms with Crippen LogP contribution >= 0.6 is 11.6 Å². The number of aryl methyl sites for hydroxylation is 1. The van der Waals surface area contributed by atoms with Gasteiger partial charge in [-0.2, -0.15) is 5.10 Å². The summed E-state index contributed by atoms with van der Waals surface area (Å²) < 4.78 is 1.68. The fourth-order valence-electron chi connectivity index (χ4n) is 2.11. The van der Waals surface area contributed by atoms with Gasteiger partial charge in [-0.3, -0.25) is 4.68 Å². The first-order valence-electron chi connectivity index (χ1n) is 5.00. The van der Waals surface area contributed by atoms with Crippen molar-refractivity contribution in [2.75, 3.05) is 0 Å². The standard InChI is InChI=1S/C10H15ClN2O/c1-3-10(14,7-4-5-7)9-8(11)6-12-13(9)2/h6-7,14H,3-5H2,1-2H3. The van der Waals surface area contributed by atoms with Crippen LogP contribution in [-0.4, -0.2) is 14.9 Å². The summed E-state index contributed by atoms with van der Waals surface area (Å²) in [6.07, 6.45) is 4.47. The first kappa shape index (κ1) is 9.99. The van der Waals surface area contributed by atoms with Crippen molar-refractivity contribution in [3.63, 3.8) is 0 Å². The molecule has 1 fully saturated rings. The molecule has 1 heterocycles. The minimum atomic E-state index is -0.775. The summed E-state index contributed by atoms with van der Waals surface area (Å²) in [5, 5.41) is 15.2. The lowest BCUT2D eigenvalue weighted by Gasteiger charge is -2.27. The second kappa shape index (κ2) is 3.24. The molecule has 1 saturated carbocycles. The highest BCUT2D eigenvalue weighted by atomic mass is 35.5. The van der Waals surface area contributed by atoms with Gasteiger partial charge in [-0.15, -0.1) is 0 Å². The van der Waals surface area contributed by atoms with Crippen LogP contribution in [0.25, 0.3) is 0 Å². The molecule has 0 saturated heterocycles. The maximum Gasteiger partial charge on any atom is 0.110 e. The predicted molar refractivity (Wildman–Crippen MR) is 55.1 cm³/mol. The van der Waals surface area contributed by atoms with Crippen molar-refractivity contribution >= 4 is 11.6 Å². The Balaban J connectivity index is 2.44. The molecule has 1 aliphatic carbocycles. The van der Waals surface area contributed by atoms with E-state index in [9.17, 15) is 5.11 Å². The van der Waals surface area contributed by atoms with E-state index in [-0.39, 0.29) is 0 Å². The number of nitrogens with zero attached hydrogens (tertiary/aromatic N) is 2. The quantitative estimate of drug-likeness (QED) is 0.837. The second-order valence-electron chi connectivity index (χ2n) is 4.02. The van der Waals surface area contributed by atoms with Crippen LogP contribution < -0.4 is 0 Å². The minimum Gasteiger partial charge on any atom is -0.383 e. The first-order valence-corrected chi connectivity index (χ1v) is 5.37. The Morgan fingerprint density at radius 2 is 2.36 bits per heavy atom. The smallest absolute Gasteiger partial charge is 0.110 e. The highest BCUT2D eigenvalue weighted by Crippen LogP contribution is 2.49. The van der Waals surface area contributed by atoms with Gasteiger partial charge in [0.15, 0.2) is 0 Å². The monoisotopic (exact) mass is 214 g/mol. The van der Waals surface area contributed by atoms with Crippen molar-refractivity contribution in [2.45, 2.75) is 31.8 Å². The third-order valence-corrected chi connectivity index (χ3v) is 3.37. The van der Waals surface area contributed by atoms with E-state index in [1.807, 2.05) is 14.0 Å². The zero-order valence-electron chi connectivity index (χ0n) is 8.50. The fourth-order valence-corrected chi connectivity index (χ4v) is 2.44. The molecule has 1 aromatic rings. The Morgan fingerprint density at radius 1 is 1.71 bits per heavy atom. The van der Waals surface area contributed by atoms with Gasteiger partial charge in [-0.1, -0.05) is 18.5 Å². The molecular formula is C10H15ClN2O. The Morgan fingerprint density at radius 3 is 2.71 bits per heavy atom. The summed E-state index contributed by atoms with van der Waals surface area (Å²) in [6.45, 7) is 1.99. The summed E-state index contributed by atoms with van der Waals surface area (Å²) >= 11 is 6.04. The number of aromatic nitrogens is 2. The molecule has 4 heteroatoms. The topological polar surface area (TPSA) is 38.1 Å². The molecule has 78 valence electrons. The normalized spacial score (nSPS) is 20.9. The van der Waals surface area contributed by atoms with E-state index in [1.165, 1.54) is 0 Å². The summed E-state index contributed by atoms with van der Waals surface area (Å²) in [5.41, 5.74) is -0.00772. The molecule has 1 aromatic heterocycles. The van der Waals surface area contributed by atoms with Crippen molar-refractivity contribution in [3.05, 3.63) is 16.9 Å². The number of rotatable bonds is 3. The highest BCUT2D eigenvalue weighted by Gasteiger charge is 2.46. The van der Waals surface area contributed by atoms with E-state index < -0.39 is 5.60 Å². The maximum absolute atomic E-state index is 10.5. The molecule has 0 amide bonds. The Bertz CT molecular complexity index is 326. The summed E-state index contributed by atoms with van der Waals surface area (Å²) in [6, 6.07) is 0. The molecule has 0 aliphatic heterocycles. The van der Waals surface area contributed by atoms with Gasteiger partial charge in [-0.25, -0.2) is 0 Å². The third-order valence-electron chi connectivity index (χ3n) is 3.10. The number of hydrogen-bond acceptors (Lipinski definition) is 2. The SMILES string of the molecule is CCC(O)(c1c(Cl)cnn1C)C1CC1. The van der Waals surface area contributed by atoms with Crippen LogP contribution in [0.4, 0.5) is 0 Å². The van der Waals surface area contributed by atoms with E-state index in [1.54, 1.807) is 10.9 Å². The van der Waals surface area contributed by atoms with E-state index in [2.05, 4.69) is 5.10 Å². The van der Waals surface area contributed by atoms with Crippen LogP contribution in [0.15, 0.2) is 6.20 Å². The molecule has 0 spiro atoms. The lowest BCUT2D eigenvalue weighted by Crippen LogP contribution is -2.30. The molecule has 1 atom stereocenters. The average Bonchev–Trinajstić information content (AvgIpc) is 2.94. The van der Waals surface area contributed by atoms with Crippen LogP contribution in [0, 0.1) is 5.92 Å². The molecule has 14 heavy (non-hydrogen) atoms. The second-order valence-corrected chi connectivity index (χ2v) is 4.42. The Labute approximate surface area is 88.7 Å². The molecule has 2 rings (SSSR count). The first-order chi connectivity index (χ1) is 6.59. The number of hydrogen-bond donors (Lipinski definition) is 1. The van der Waals surface area contributed by atoms with Crippen molar-refractivity contribution in [2.24, 2.45) is 13.0 Å². The highest BCUT2D eigenvalue weighted by molar-refractivity contribution is 6.31. The molecular weight excluding hydrogens is 200 g/mol. The van der Waals surface area contributed by atoms with E-state index in [4.69, 9.17) is 11.6 Å². The molecule has 1 unspecified atom stereocenters. The van der Waals surface area contributed by atoms with Crippen molar-refractivity contribution in [1.29, 1.82) is 0 Å². The van der Waals surface area contributed by atoms with Crippen LogP contribution in [0.2, 0.25) is 5.02 Å². The van der Waals surface area contributed by atoms with E-state index >= 15 is 0 Å². The number of aliphatic hydroxyl groups is 1. The van der Waals surface area contributed by atoms with Gasteiger partial charge in [-0.05, 0) is 25.2 Å². The van der Waals surface area contributed by atoms with Crippen LogP contribution in [-0.2, 0) is 12.6 Å². The van der Waals surface area contributed by atoms with Gasteiger partial charge in [0, 0.05) is 7.05 Å².